The van der Waals surface area contributed by atoms with E-state index in [0.29, 0.717) is 4.90 Å². The van der Waals surface area contributed by atoms with Gasteiger partial charge in [-0.15, -0.1) is 12.6 Å². The van der Waals surface area contributed by atoms with E-state index < -0.39 is 5.97 Å². The van der Waals surface area contributed by atoms with E-state index in [0.717, 1.165) is 0 Å². The van der Waals surface area contributed by atoms with E-state index in [4.69, 9.17) is 5.11 Å². The van der Waals surface area contributed by atoms with Crippen LogP contribution in [0, 0.1) is 0 Å². The molecular weight excluding hydrogens is 192 g/mol. The molecule has 0 saturated heterocycles. The predicted molar refractivity (Wildman–Crippen MR) is 55.6 cm³/mol. The third-order valence-corrected chi connectivity index (χ3v) is 1.52. The maximum absolute atomic E-state index is 10.4. The average molecular weight is 202 g/mol. The van der Waals surface area contributed by atoms with E-state index in [1.165, 1.54) is 6.07 Å². The molecule has 0 saturated carbocycles. The third kappa shape index (κ3) is 3.19. The van der Waals surface area contributed by atoms with Crippen LogP contribution < -0.4 is 0 Å². The molecule has 66 valence electrons. The molecule has 4 heteroatoms. The fraction of sp³-hybridized carbons (Fsp3) is 0.125. The van der Waals surface area contributed by atoms with Crippen LogP contribution in [0.2, 0.25) is 0 Å². The Kier molecular flexibility index (Phi) is 5.66. The second-order valence-electron chi connectivity index (χ2n) is 1.82. The van der Waals surface area contributed by atoms with Gasteiger partial charge in [-0.25, -0.2) is 4.79 Å². The van der Waals surface area contributed by atoms with Crippen molar-refractivity contribution in [2.24, 2.45) is 0 Å². The number of carboxylic acids is 1. The lowest BCUT2D eigenvalue weighted by Crippen LogP contribution is -1.96. The van der Waals surface area contributed by atoms with E-state index in [1.54, 1.807) is 24.5 Å². The quantitative estimate of drug-likeness (QED) is 0.611. The molecule has 1 N–H and O–H groups in total. The summed E-state index contributed by atoms with van der Waals surface area (Å²) in [6, 6.07) is 6.58. The van der Waals surface area contributed by atoms with Crippen LogP contribution in [-0.2, 0) is 0 Å². The minimum Gasteiger partial charge on any atom is -0.478 e. The van der Waals surface area contributed by atoms with Crippen molar-refractivity contribution < 1.29 is 9.90 Å². The first-order valence-corrected chi connectivity index (χ1v) is 4.52. The number of aromatic carboxylic acids is 1. The van der Waals surface area contributed by atoms with Crippen LogP contribution in [0.3, 0.4) is 0 Å². The van der Waals surface area contributed by atoms with Crippen molar-refractivity contribution >= 4 is 31.2 Å². The van der Waals surface area contributed by atoms with Gasteiger partial charge >= 0.3 is 5.97 Å². The summed E-state index contributed by atoms with van der Waals surface area (Å²) in [7, 11) is 0. The highest BCUT2D eigenvalue weighted by atomic mass is 32.1. The smallest absolute Gasteiger partial charge is 0.336 e. The Hall–Kier alpha value is -0.610. The number of hydrogen-bond donors (Lipinski definition) is 3. The standard InChI is InChI=1S/C7H6O2S.CH4S/c8-7(9)5-3-1-2-4-6(5)10;1-2/h1-4,10H,(H,8,9);2H,1H3. The molecule has 0 aliphatic carbocycles. The molecule has 2 nitrogen and oxygen atoms in total. The minimum atomic E-state index is -0.939. The van der Waals surface area contributed by atoms with Gasteiger partial charge in [-0.05, 0) is 18.4 Å². The largest absolute Gasteiger partial charge is 0.478 e. The van der Waals surface area contributed by atoms with Gasteiger partial charge in [0.25, 0.3) is 0 Å². The van der Waals surface area contributed by atoms with Gasteiger partial charge in [-0.1, -0.05) is 12.1 Å². The van der Waals surface area contributed by atoms with Crippen molar-refractivity contribution in [1.29, 1.82) is 0 Å². The predicted octanol–water partition coefficient (Wildman–Crippen LogP) is 2.22. The van der Waals surface area contributed by atoms with Crippen LogP contribution >= 0.6 is 25.3 Å². The Balaban J connectivity index is 0.000000561. The summed E-state index contributed by atoms with van der Waals surface area (Å²) in [4.78, 5) is 10.9. The van der Waals surface area contributed by atoms with Crippen molar-refractivity contribution in [3.05, 3.63) is 29.8 Å². The highest BCUT2D eigenvalue weighted by Crippen LogP contribution is 2.11. The van der Waals surface area contributed by atoms with Gasteiger partial charge in [0.15, 0.2) is 0 Å². The number of carbonyl (C=O) groups is 1. The summed E-state index contributed by atoms with van der Waals surface area (Å²) in [6.07, 6.45) is 1.69. The first kappa shape index (κ1) is 11.4. The summed E-state index contributed by atoms with van der Waals surface area (Å²) < 4.78 is 0. The lowest BCUT2D eigenvalue weighted by Gasteiger charge is -1.95. The summed E-state index contributed by atoms with van der Waals surface area (Å²) in [5.74, 6) is -0.939. The number of hydrogen-bond acceptors (Lipinski definition) is 3. The number of carboxylic acid groups (broad SMARTS) is 1. The van der Waals surface area contributed by atoms with E-state index in [1.807, 2.05) is 0 Å². The summed E-state index contributed by atoms with van der Waals surface area (Å²) in [5.41, 5.74) is 0.242. The van der Waals surface area contributed by atoms with Crippen LogP contribution in [-0.4, -0.2) is 17.3 Å². The molecule has 0 aromatic heterocycles. The summed E-state index contributed by atoms with van der Waals surface area (Å²) in [5, 5.41) is 8.52. The Morgan fingerprint density at radius 1 is 1.33 bits per heavy atom. The molecular formula is C8H10O2S2. The van der Waals surface area contributed by atoms with Crippen molar-refractivity contribution in [1.82, 2.24) is 0 Å². The molecule has 0 heterocycles. The number of benzene rings is 1. The molecule has 0 radical (unpaired) electrons. The molecule has 0 aliphatic heterocycles. The number of rotatable bonds is 1. The maximum atomic E-state index is 10.4. The Labute approximate surface area is 82.4 Å². The molecule has 0 bridgehead atoms. The highest BCUT2D eigenvalue weighted by Gasteiger charge is 2.03. The highest BCUT2D eigenvalue weighted by molar-refractivity contribution is 7.80. The van der Waals surface area contributed by atoms with E-state index >= 15 is 0 Å². The molecule has 0 fully saturated rings. The molecule has 1 rings (SSSR count). The topological polar surface area (TPSA) is 37.3 Å². The van der Waals surface area contributed by atoms with Crippen LogP contribution in [0.4, 0.5) is 0 Å². The van der Waals surface area contributed by atoms with Crippen molar-refractivity contribution in [3.8, 4) is 0 Å². The van der Waals surface area contributed by atoms with E-state index in [-0.39, 0.29) is 5.56 Å². The van der Waals surface area contributed by atoms with Crippen LogP contribution in [0.1, 0.15) is 10.4 Å². The summed E-state index contributed by atoms with van der Waals surface area (Å²) in [6.45, 7) is 0. The maximum Gasteiger partial charge on any atom is 0.336 e. The van der Waals surface area contributed by atoms with Gasteiger partial charge in [-0.3, -0.25) is 0 Å². The van der Waals surface area contributed by atoms with Crippen molar-refractivity contribution in [2.75, 3.05) is 6.26 Å². The lowest BCUT2D eigenvalue weighted by molar-refractivity contribution is 0.0693. The molecule has 1 aromatic carbocycles. The van der Waals surface area contributed by atoms with Gasteiger partial charge in [0.1, 0.15) is 0 Å². The third-order valence-electron chi connectivity index (χ3n) is 1.13. The second-order valence-corrected chi connectivity index (χ2v) is 2.30. The molecule has 0 spiro atoms. The fourth-order valence-electron chi connectivity index (χ4n) is 0.654. The Morgan fingerprint density at radius 3 is 2.17 bits per heavy atom. The zero-order chi connectivity index (χ0) is 9.56. The first-order valence-electron chi connectivity index (χ1n) is 3.18. The SMILES string of the molecule is CS.O=C(O)c1ccccc1S. The minimum absolute atomic E-state index is 0.242. The Bertz CT molecular complexity index is 261. The summed E-state index contributed by atoms with van der Waals surface area (Å²) >= 11 is 7.48. The molecule has 12 heavy (non-hydrogen) atoms. The number of thiol groups is 2. The van der Waals surface area contributed by atoms with Gasteiger partial charge in [0, 0.05) is 4.90 Å². The zero-order valence-corrected chi connectivity index (χ0v) is 8.35. The van der Waals surface area contributed by atoms with Crippen LogP contribution in [0.5, 0.6) is 0 Å². The van der Waals surface area contributed by atoms with Crippen LogP contribution in [0.15, 0.2) is 29.2 Å². The zero-order valence-electron chi connectivity index (χ0n) is 6.56. The van der Waals surface area contributed by atoms with Gasteiger partial charge < -0.3 is 5.11 Å². The Morgan fingerprint density at radius 2 is 1.83 bits per heavy atom. The van der Waals surface area contributed by atoms with Crippen molar-refractivity contribution in [2.45, 2.75) is 4.90 Å². The van der Waals surface area contributed by atoms with Gasteiger partial charge in [-0.2, -0.15) is 12.6 Å². The van der Waals surface area contributed by atoms with Crippen LogP contribution in [0.25, 0.3) is 0 Å². The van der Waals surface area contributed by atoms with E-state index in [2.05, 4.69) is 25.3 Å². The molecule has 1 aromatic rings. The normalized spacial score (nSPS) is 8.25. The average Bonchev–Trinajstić information content (AvgIpc) is 2.08. The molecule has 0 amide bonds. The monoisotopic (exact) mass is 202 g/mol. The fourth-order valence-corrected chi connectivity index (χ4v) is 0.911. The molecule has 0 atom stereocenters. The molecule has 0 unspecified atom stereocenters. The van der Waals surface area contributed by atoms with Gasteiger partial charge in [0.2, 0.25) is 0 Å². The van der Waals surface area contributed by atoms with Gasteiger partial charge in [0.05, 0.1) is 5.56 Å². The second kappa shape index (κ2) is 5.97. The van der Waals surface area contributed by atoms with Crippen molar-refractivity contribution in [3.63, 3.8) is 0 Å². The molecule has 0 aliphatic rings. The van der Waals surface area contributed by atoms with E-state index in [9.17, 15) is 4.79 Å². The lowest BCUT2D eigenvalue weighted by atomic mass is 10.2. The first-order chi connectivity index (χ1) is 5.72.